The zero-order valence-electron chi connectivity index (χ0n) is 19.4. The number of rotatable bonds is 7. The molecule has 34 heavy (non-hydrogen) atoms. The summed E-state index contributed by atoms with van der Waals surface area (Å²) in [5.41, 5.74) is 2.21. The number of nitrogens with zero attached hydrogens (tertiary/aromatic N) is 2. The summed E-state index contributed by atoms with van der Waals surface area (Å²) in [5.74, 6) is 0.712. The Balaban J connectivity index is 1.94. The minimum atomic E-state index is -4.14. The molecule has 0 amide bonds. The van der Waals surface area contributed by atoms with E-state index in [9.17, 15) is 13.2 Å². The second kappa shape index (κ2) is 8.96. The molecule has 0 aliphatic carbocycles. The third kappa shape index (κ3) is 3.84. The zero-order valence-corrected chi connectivity index (χ0v) is 20.2. The molecule has 0 aliphatic rings. The number of hydrogen-bond acceptors (Lipinski definition) is 8. The van der Waals surface area contributed by atoms with Gasteiger partial charge >= 0.3 is 5.97 Å². The van der Waals surface area contributed by atoms with Crippen LogP contribution >= 0.6 is 0 Å². The number of methoxy groups -OCH3 is 2. The fourth-order valence-corrected chi connectivity index (χ4v) is 5.37. The van der Waals surface area contributed by atoms with Crippen molar-refractivity contribution < 1.29 is 31.6 Å². The lowest BCUT2D eigenvalue weighted by Crippen LogP contribution is -2.34. The number of esters is 1. The van der Waals surface area contributed by atoms with E-state index in [4.69, 9.17) is 18.4 Å². The summed E-state index contributed by atoms with van der Waals surface area (Å²) in [6.45, 7) is 4.92. The fourth-order valence-electron chi connectivity index (χ4n) is 3.78. The molecule has 9 nitrogen and oxygen atoms in total. The Kier molecular flexibility index (Phi) is 6.20. The average molecular weight is 485 g/mol. The van der Waals surface area contributed by atoms with Crippen molar-refractivity contribution >= 4 is 32.8 Å². The lowest BCUT2D eigenvalue weighted by atomic mass is 10.00. The van der Waals surface area contributed by atoms with Crippen LogP contribution in [0.3, 0.4) is 0 Å². The number of aromatic nitrogens is 1. The first kappa shape index (κ1) is 23.5. The van der Waals surface area contributed by atoms with Crippen molar-refractivity contribution in [3.63, 3.8) is 0 Å². The zero-order chi connectivity index (χ0) is 24.6. The predicted molar refractivity (Wildman–Crippen MR) is 125 cm³/mol. The molecule has 178 valence electrons. The van der Waals surface area contributed by atoms with Gasteiger partial charge in [-0.25, -0.2) is 17.5 Å². The lowest BCUT2D eigenvalue weighted by molar-refractivity contribution is 0.0603. The number of benzene rings is 2. The Morgan fingerprint density at radius 1 is 1.06 bits per heavy atom. The minimum Gasteiger partial charge on any atom is -0.465 e. The first-order valence-corrected chi connectivity index (χ1v) is 11.8. The van der Waals surface area contributed by atoms with Gasteiger partial charge in [-0.3, -0.25) is 0 Å². The molecule has 2 heterocycles. The summed E-state index contributed by atoms with van der Waals surface area (Å²) >= 11 is 0. The molecular weight excluding hydrogens is 460 g/mol. The molecule has 0 atom stereocenters. The summed E-state index contributed by atoms with van der Waals surface area (Å²) in [7, 11) is -1.44. The van der Waals surface area contributed by atoms with Crippen molar-refractivity contribution in [1.82, 2.24) is 5.16 Å². The van der Waals surface area contributed by atoms with Gasteiger partial charge in [-0.1, -0.05) is 23.4 Å². The summed E-state index contributed by atoms with van der Waals surface area (Å²) < 4.78 is 50.1. The van der Waals surface area contributed by atoms with Gasteiger partial charge in [-0.15, -0.1) is 0 Å². The van der Waals surface area contributed by atoms with E-state index in [-0.39, 0.29) is 17.4 Å². The van der Waals surface area contributed by atoms with Gasteiger partial charge in [0.15, 0.2) is 5.82 Å². The largest absolute Gasteiger partial charge is 0.465 e. The second-order valence-electron chi connectivity index (χ2n) is 7.71. The number of furan rings is 1. The normalized spacial score (nSPS) is 11.7. The summed E-state index contributed by atoms with van der Waals surface area (Å²) in [4.78, 5) is 12.3. The third-order valence-electron chi connectivity index (χ3n) is 5.57. The highest BCUT2D eigenvalue weighted by Gasteiger charge is 2.32. The number of carbonyl (C=O) groups is 1. The first-order chi connectivity index (χ1) is 16.2. The maximum absolute atomic E-state index is 13.9. The molecule has 0 unspecified atom stereocenters. The molecule has 4 rings (SSSR count). The van der Waals surface area contributed by atoms with E-state index >= 15 is 0 Å². The Labute approximate surface area is 196 Å². The number of anilines is 1. The van der Waals surface area contributed by atoms with Crippen LogP contribution in [0.4, 0.5) is 5.82 Å². The van der Waals surface area contributed by atoms with Gasteiger partial charge in [-0.05, 0) is 45.0 Å². The summed E-state index contributed by atoms with van der Waals surface area (Å²) in [6, 6.07) is 11.5. The van der Waals surface area contributed by atoms with Crippen LogP contribution in [0.15, 0.2) is 56.3 Å². The third-order valence-corrected chi connectivity index (χ3v) is 7.34. The fraction of sp³-hybridized carbons (Fsp3) is 0.250. The lowest BCUT2D eigenvalue weighted by Gasteiger charge is -2.23. The highest BCUT2D eigenvalue weighted by molar-refractivity contribution is 7.93. The number of aryl methyl sites for hydroxylation is 2. The number of fused-ring (bicyclic) bond motifs is 1. The van der Waals surface area contributed by atoms with Crippen molar-refractivity contribution in [2.45, 2.75) is 25.7 Å². The van der Waals surface area contributed by atoms with E-state index in [1.165, 1.54) is 20.3 Å². The van der Waals surface area contributed by atoms with Crippen molar-refractivity contribution in [1.29, 1.82) is 0 Å². The van der Waals surface area contributed by atoms with Crippen molar-refractivity contribution in [2.24, 2.45) is 0 Å². The predicted octanol–water partition coefficient (Wildman–Crippen LogP) is 4.60. The average Bonchev–Trinajstić information content (AvgIpc) is 3.37. The van der Waals surface area contributed by atoms with E-state index in [1.807, 2.05) is 0 Å². The molecule has 4 aromatic rings. The molecular formula is C24H24N2O7S. The minimum absolute atomic E-state index is 0.0216. The topological polar surface area (TPSA) is 112 Å². The summed E-state index contributed by atoms with van der Waals surface area (Å²) in [6.07, 6.45) is 0. The van der Waals surface area contributed by atoms with Crippen LogP contribution in [-0.2, 0) is 19.5 Å². The van der Waals surface area contributed by atoms with Crippen LogP contribution in [0, 0.1) is 20.8 Å². The maximum Gasteiger partial charge on any atom is 0.338 e. The number of carbonyl (C=O) groups excluding carboxylic acids is 1. The molecule has 2 aromatic heterocycles. The number of hydrogen-bond donors (Lipinski definition) is 0. The molecule has 0 fully saturated rings. The Morgan fingerprint density at radius 3 is 2.44 bits per heavy atom. The highest BCUT2D eigenvalue weighted by Crippen LogP contribution is 2.38. The van der Waals surface area contributed by atoms with Crippen molar-refractivity contribution in [2.75, 3.05) is 25.3 Å². The molecule has 0 spiro atoms. The van der Waals surface area contributed by atoms with Crippen LogP contribution in [0.2, 0.25) is 0 Å². The van der Waals surface area contributed by atoms with E-state index in [1.54, 1.807) is 57.2 Å². The number of ether oxygens (including phenoxy) is 2. The SMILES string of the molecule is COCN(c1noc(C)c1C)S(=O)(=O)c1ccccc1-c1ccc(C(=O)OC)c2cc(C)oc12. The molecule has 0 radical (unpaired) electrons. The van der Waals surface area contributed by atoms with Gasteiger partial charge in [-0.2, -0.15) is 0 Å². The Bertz CT molecular complexity index is 1480. The van der Waals surface area contributed by atoms with Crippen LogP contribution in [-0.4, -0.2) is 40.5 Å². The smallest absolute Gasteiger partial charge is 0.338 e. The van der Waals surface area contributed by atoms with Crippen LogP contribution in [0.5, 0.6) is 0 Å². The molecule has 0 aliphatic heterocycles. The van der Waals surface area contributed by atoms with E-state index in [0.717, 1.165) is 4.31 Å². The first-order valence-electron chi connectivity index (χ1n) is 10.4. The molecule has 0 saturated heterocycles. The van der Waals surface area contributed by atoms with Gasteiger partial charge in [0, 0.05) is 29.2 Å². The molecule has 0 bridgehead atoms. The maximum atomic E-state index is 13.9. The second-order valence-corrected chi connectivity index (χ2v) is 9.54. The van der Waals surface area contributed by atoms with Crippen molar-refractivity contribution in [3.8, 4) is 11.1 Å². The quantitative estimate of drug-likeness (QED) is 0.276. The van der Waals surface area contributed by atoms with Crippen LogP contribution < -0.4 is 4.31 Å². The van der Waals surface area contributed by atoms with E-state index in [2.05, 4.69) is 5.16 Å². The van der Waals surface area contributed by atoms with Crippen molar-refractivity contribution in [3.05, 3.63) is 65.1 Å². The van der Waals surface area contributed by atoms with E-state index < -0.39 is 16.0 Å². The number of sulfonamides is 1. The van der Waals surface area contributed by atoms with Gasteiger partial charge in [0.2, 0.25) is 0 Å². The summed E-state index contributed by atoms with van der Waals surface area (Å²) in [5, 5.41) is 4.48. The van der Waals surface area contributed by atoms with Crippen LogP contribution in [0.25, 0.3) is 22.1 Å². The molecule has 10 heteroatoms. The standard InChI is InChI=1S/C24H24N2O7S/c1-14-12-20-19(24(27)31-5)11-10-18(22(20)32-14)17-8-6-7-9-21(17)34(28,29)26(13-30-4)23-15(2)16(3)33-25-23/h6-12H,13H2,1-5H3. The molecule has 0 saturated carbocycles. The van der Waals surface area contributed by atoms with Crippen LogP contribution in [0.1, 0.15) is 27.4 Å². The van der Waals surface area contributed by atoms with Gasteiger partial charge < -0.3 is 18.4 Å². The van der Waals surface area contributed by atoms with Gasteiger partial charge in [0.05, 0.1) is 17.6 Å². The highest BCUT2D eigenvalue weighted by atomic mass is 32.2. The Morgan fingerprint density at radius 2 is 1.79 bits per heavy atom. The molecule has 2 aromatic carbocycles. The monoisotopic (exact) mass is 484 g/mol. The van der Waals surface area contributed by atoms with E-state index in [0.29, 0.717) is 44.7 Å². The van der Waals surface area contributed by atoms with Gasteiger partial charge in [0.25, 0.3) is 10.0 Å². The molecule has 0 N–H and O–H groups in total. The Hall–Kier alpha value is -3.63. The van der Waals surface area contributed by atoms with Gasteiger partial charge in [0.1, 0.15) is 23.8 Å².